The highest BCUT2D eigenvalue weighted by Crippen LogP contribution is 2.36. The Balaban J connectivity index is 2.12. The number of carbonyl (C=O) groups is 1. The lowest BCUT2D eigenvalue weighted by Gasteiger charge is -2.20. The van der Waals surface area contributed by atoms with E-state index in [2.05, 4.69) is 4.99 Å². The smallest absolute Gasteiger partial charge is 0.280 e. The molecule has 8 heteroatoms. The van der Waals surface area contributed by atoms with Crippen molar-refractivity contribution in [1.82, 2.24) is 0 Å². The number of nitrogens with two attached hydrogens (primary N) is 2. The lowest BCUT2D eigenvalue weighted by atomic mass is 9.93. The topological polar surface area (TPSA) is 90.7 Å². The summed E-state index contributed by atoms with van der Waals surface area (Å²) in [6, 6.07) is 6.29. The molecule has 128 valence electrons. The quantitative estimate of drug-likeness (QED) is 0.496. The summed E-state index contributed by atoms with van der Waals surface area (Å²) >= 11 is 0. The van der Waals surface area contributed by atoms with E-state index in [1.54, 1.807) is 0 Å². The molecule has 0 saturated heterocycles. The van der Waals surface area contributed by atoms with Gasteiger partial charge in [-0.1, -0.05) is 0 Å². The number of benzene rings is 2. The second kappa shape index (κ2) is 6.31. The van der Waals surface area contributed by atoms with Crippen LogP contribution in [0.5, 0.6) is 5.75 Å². The summed E-state index contributed by atoms with van der Waals surface area (Å²) in [5, 5.41) is 0. The van der Waals surface area contributed by atoms with Gasteiger partial charge in [-0.05, 0) is 42.0 Å². The van der Waals surface area contributed by atoms with Gasteiger partial charge >= 0.3 is 0 Å². The number of halogens is 3. The lowest BCUT2D eigenvalue weighted by Crippen LogP contribution is -2.24. The molecule has 1 heterocycles. The Morgan fingerprint density at radius 2 is 1.80 bits per heavy atom. The molecule has 0 bridgehead atoms. The normalized spacial score (nSPS) is 12.7. The molecule has 1 amide bonds. The summed E-state index contributed by atoms with van der Waals surface area (Å²) < 4.78 is 46.3. The van der Waals surface area contributed by atoms with E-state index >= 15 is 0 Å². The maximum Gasteiger partial charge on any atom is 0.280 e. The van der Waals surface area contributed by atoms with E-state index in [4.69, 9.17) is 16.2 Å². The van der Waals surface area contributed by atoms with Crippen LogP contribution in [-0.4, -0.2) is 18.5 Å². The van der Waals surface area contributed by atoms with Crippen molar-refractivity contribution < 1.29 is 22.7 Å². The molecule has 0 aliphatic carbocycles. The minimum Gasteiger partial charge on any atom is -0.489 e. The highest BCUT2D eigenvalue weighted by atomic mass is 19.2. The minimum atomic E-state index is -1.57. The zero-order valence-corrected chi connectivity index (χ0v) is 12.7. The van der Waals surface area contributed by atoms with Crippen LogP contribution < -0.4 is 16.2 Å². The predicted octanol–water partition coefficient (Wildman–Crippen LogP) is 2.34. The van der Waals surface area contributed by atoms with Gasteiger partial charge in [0.15, 0.2) is 23.4 Å². The molecule has 0 aromatic heterocycles. The number of nitrogens with zero attached hydrogens (tertiary/aromatic N) is 1. The molecule has 0 unspecified atom stereocenters. The third-order valence-electron chi connectivity index (χ3n) is 3.60. The average molecular weight is 347 g/mol. The molecule has 3 rings (SSSR count). The van der Waals surface area contributed by atoms with Crippen LogP contribution in [0.25, 0.3) is 5.57 Å². The van der Waals surface area contributed by atoms with Gasteiger partial charge in [-0.25, -0.2) is 13.2 Å². The number of rotatable bonds is 2. The number of hydrogen-bond donors (Lipinski definition) is 2. The van der Waals surface area contributed by atoms with Crippen molar-refractivity contribution in [3.63, 3.8) is 0 Å². The lowest BCUT2D eigenvalue weighted by molar-refractivity contribution is 0.100. The van der Waals surface area contributed by atoms with Crippen molar-refractivity contribution in [2.45, 2.75) is 0 Å². The molecule has 0 fully saturated rings. The van der Waals surface area contributed by atoms with Gasteiger partial charge in [0, 0.05) is 16.7 Å². The largest absolute Gasteiger partial charge is 0.489 e. The maximum atomic E-state index is 14.2. The van der Waals surface area contributed by atoms with Crippen LogP contribution in [-0.2, 0) is 0 Å². The van der Waals surface area contributed by atoms with E-state index in [-0.39, 0.29) is 23.3 Å². The van der Waals surface area contributed by atoms with Gasteiger partial charge in [-0.3, -0.25) is 4.79 Å². The Morgan fingerprint density at radius 3 is 2.52 bits per heavy atom. The van der Waals surface area contributed by atoms with Crippen molar-refractivity contribution in [3.8, 4) is 5.75 Å². The van der Waals surface area contributed by atoms with Gasteiger partial charge in [0.1, 0.15) is 12.4 Å². The van der Waals surface area contributed by atoms with E-state index in [0.29, 0.717) is 11.3 Å². The highest BCUT2D eigenvalue weighted by Gasteiger charge is 2.23. The molecule has 1 aliphatic heterocycles. The fourth-order valence-corrected chi connectivity index (χ4v) is 2.49. The number of amides is 1. The standard InChI is InChI=1S/C17H12F3N3O2/c18-12-3-2-10(14(19)15(12)20)9-5-6-25-13-4-1-8(7-11(9)13)16(24)23-17(21)22/h1-5,7H,6H2,(H4,21,22,23,24). The van der Waals surface area contributed by atoms with Crippen LogP contribution in [0.2, 0.25) is 0 Å². The molecule has 5 nitrogen and oxygen atoms in total. The zero-order valence-electron chi connectivity index (χ0n) is 12.7. The second-order valence-electron chi connectivity index (χ2n) is 5.20. The monoisotopic (exact) mass is 347 g/mol. The van der Waals surface area contributed by atoms with E-state index in [1.165, 1.54) is 24.3 Å². The summed E-state index contributed by atoms with van der Waals surface area (Å²) in [5.74, 6) is -4.91. The number of guanidine groups is 1. The first kappa shape index (κ1) is 16.6. The summed E-state index contributed by atoms with van der Waals surface area (Å²) in [6.45, 7) is 0.113. The van der Waals surface area contributed by atoms with E-state index in [9.17, 15) is 18.0 Å². The predicted molar refractivity (Wildman–Crippen MR) is 85.5 cm³/mol. The summed E-state index contributed by atoms with van der Waals surface area (Å²) in [7, 11) is 0. The first-order chi connectivity index (χ1) is 11.9. The van der Waals surface area contributed by atoms with Gasteiger partial charge in [0.2, 0.25) is 0 Å². The van der Waals surface area contributed by atoms with Crippen molar-refractivity contribution in [1.29, 1.82) is 0 Å². The molecule has 0 saturated carbocycles. The molecular formula is C17H12F3N3O2. The Morgan fingerprint density at radius 1 is 1.04 bits per heavy atom. The number of hydrogen-bond acceptors (Lipinski definition) is 2. The van der Waals surface area contributed by atoms with Crippen molar-refractivity contribution in [3.05, 3.63) is 70.5 Å². The van der Waals surface area contributed by atoms with Gasteiger partial charge < -0.3 is 16.2 Å². The molecule has 2 aromatic rings. The Labute approximate surface area is 140 Å². The van der Waals surface area contributed by atoms with Crippen molar-refractivity contribution in [2.75, 3.05) is 6.61 Å². The maximum absolute atomic E-state index is 14.2. The third-order valence-corrected chi connectivity index (χ3v) is 3.60. The summed E-state index contributed by atoms with van der Waals surface area (Å²) in [4.78, 5) is 15.4. The Bertz CT molecular complexity index is 935. The van der Waals surface area contributed by atoms with E-state index in [1.807, 2.05) is 0 Å². The van der Waals surface area contributed by atoms with Crippen molar-refractivity contribution >= 4 is 17.4 Å². The van der Waals surface area contributed by atoms with E-state index < -0.39 is 29.3 Å². The molecule has 0 radical (unpaired) electrons. The Kier molecular flexibility index (Phi) is 4.18. The summed E-state index contributed by atoms with van der Waals surface area (Å²) in [6.07, 6.45) is 1.51. The molecule has 0 atom stereocenters. The highest BCUT2D eigenvalue weighted by molar-refractivity contribution is 6.03. The van der Waals surface area contributed by atoms with Gasteiger partial charge in [-0.15, -0.1) is 0 Å². The third kappa shape index (κ3) is 3.06. The molecule has 0 spiro atoms. The number of carbonyl (C=O) groups excluding carboxylic acids is 1. The fraction of sp³-hybridized carbons (Fsp3) is 0.0588. The first-order valence-electron chi connectivity index (χ1n) is 7.13. The van der Waals surface area contributed by atoms with Crippen LogP contribution in [0.1, 0.15) is 21.5 Å². The molecule has 4 N–H and O–H groups in total. The van der Waals surface area contributed by atoms with Gasteiger partial charge in [0.25, 0.3) is 5.91 Å². The van der Waals surface area contributed by atoms with Crippen LogP contribution in [0, 0.1) is 17.5 Å². The van der Waals surface area contributed by atoms with Crippen LogP contribution in [0.3, 0.4) is 0 Å². The first-order valence-corrected chi connectivity index (χ1v) is 7.13. The van der Waals surface area contributed by atoms with Gasteiger partial charge in [-0.2, -0.15) is 4.99 Å². The van der Waals surface area contributed by atoms with Gasteiger partial charge in [0.05, 0.1) is 0 Å². The van der Waals surface area contributed by atoms with Crippen LogP contribution >= 0.6 is 0 Å². The molecule has 1 aliphatic rings. The van der Waals surface area contributed by atoms with E-state index in [0.717, 1.165) is 12.1 Å². The second-order valence-corrected chi connectivity index (χ2v) is 5.20. The number of ether oxygens (including phenoxy) is 1. The molecule has 25 heavy (non-hydrogen) atoms. The Hall–Kier alpha value is -3.29. The summed E-state index contributed by atoms with van der Waals surface area (Å²) in [5.41, 5.74) is 11.0. The average Bonchev–Trinajstić information content (AvgIpc) is 2.58. The molecule has 2 aromatic carbocycles. The molecular weight excluding hydrogens is 335 g/mol. The fourth-order valence-electron chi connectivity index (χ4n) is 2.49. The minimum absolute atomic E-state index is 0.113. The van der Waals surface area contributed by atoms with Crippen LogP contribution in [0.4, 0.5) is 13.2 Å². The zero-order chi connectivity index (χ0) is 18.1. The van der Waals surface area contributed by atoms with Crippen molar-refractivity contribution in [2.24, 2.45) is 16.5 Å². The number of aliphatic imine (C=N–C) groups is 1. The number of fused-ring (bicyclic) bond motifs is 1. The SMILES string of the molecule is NC(N)=NC(=O)c1ccc2c(c1)C(c1ccc(F)c(F)c1F)=CCO2. The van der Waals surface area contributed by atoms with Crippen LogP contribution in [0.15, 0.2) is 41.4 Å².